The highest BCUT2D eigenvalue weighted by Gasteiger charge is 2.21. The Labute approximate surface area is 131 Å². The first-order chi connectivity index (χ1) is 10.3. The third-order valence-corrected chi connectivity index (χ3v) is 5.23. The molecular weight excluding hydrogens is 301 g/mol. The SMILES string of the molecule is Cc1ccc(CN(C)S(=O)(=O)c2ccc(B(O)O)cc2)cc1. The van der Waals surface area contributed by atoms with Crippen LogP contribution in [0.5, 0.6) is 0 Å². The van der Waals surface area contributed by atoms with Gasteiger partial charge in [-0.25, -0.2) is 8.42 Å². The molecule has 0 heterocycles. The first-order valence-electron chi connectivity index (χ1n) is 6.78. The predicted molar refractivity (Wildman–Crippen MR) is 86.1 cm³/mol. The molecule has 0 radical (unpaired) electrons. The molecule has 7 heteroatoms. The van der Waals surface area contributed by atoms with E-state index in [9.17, 15) is 8.42 Å². The summed E-state index contributed by atoms with van der Waals surface area (Å²) < 4.78 is 26.2. The molecule has 116 valence electrons. The molecule has 2 rings (SSSR count). The Morgan fingerprint density at radius 2 is 1.55 bits per heavy atom. The number of nitrogens with zero attached hydrogens (tertiary/aromatic N) is 1. The molecule has 0 aliphatic heterocycles. The summed E-state index contributed by atoms with van der Waals surface area (Å²) >= 11 is 0. The second kappa shape index (κ2) is 6.62. The number of hydrogen-bond donors (Lipinski definition) is 2. The van der Waals surface area contributed by atoms with Crippen molar-refractivity contribution in [1.82, 2.24) is 4.31 Å². The van der Waals surface area contributed by atoms with E-state index in [1.165, 1.54) is 35.6 Å². The molecule has 0 unspecified atom stereocenters. The number of benzene rings is 2. The van der Waals surface area contributed by atoms with Gasteiger partial charge in [0.2, 0.25) is 10.0 Å². The molecule has 0 aliphatic rings. The van der Waals surface area contributed by atoms with Crippen LogP contribution in [-0.4, -0.2) is 36.9 Å². The highest BCUT2D eigenvalue weighted by atomic mass is 32.2. The van der Waals surface area contributed by atoms with Crippen molar-refractivity contribution in [2.45, 2.75) is 18.4 Å². The Morgan fingerprint density at radius 1 is 1.00 bits per heavy atom. The molecule has 0 saturated carbocycles. The summed E-state index contributed by atoms with van der Waals surface area (Å²) in [5.41, 5.74) is 2.27. The van der Waals surface area contributed by atoms with Gasteiger partial charge >= 0.3 is 7.12 Å². The van der Waals surface area contributed by atoms with Crippen molar-refractivity contribution in [2.75, 3.05) is 7.05 Å². The van der Waals surface area contributed by atoms with Gasteiger partial charge in [-0.1, -0.05) is 42.0 Å². The van der Waals surface area contributed by atoms with Gasteiger partial charge in [0.15, 0.2) is 0 Å². The smallest absolute Gasteiger partial charge is 0.423 e. The average Bonchev–Trinajstić information content (AvgIpc) is 2.49. The summed E-state index contributed by atoms with van der Waals surface area (Å²) in [5.74, 6) is 0. The number of aryl methyl sites for hydroxylation is 1. The summed E-state index contributed by atoms with van der Waals surface area (Å²) in [5, 5.41) is 18.1. The molecule has 0 saturated heterocycles. The second-order valence-corrected chi connectivity index (χ2v) is 7.23. The first-order valence-corrected chi connectivity index (χ1v) is 8.22. The van der Waals surface area contributed by atoms with E-state index in [2.05, 4.69) is 0 Å². The van der Waals surface area contributed by atoms with Gasteiger partial charge < -0.3 is 10.0 Å². The fourth-order valence-corrected chi connectivity index (χ4v) is 3.19. The molecule has 0 bridgehead atoms. The average molecular weight is 319 g/mol. The van der Waals surface area contributed by atoms with Crippen LogP contribution in [0, 0.1) is 6.92 Å². The summed E-state index contributed by atoms with van der Waals surface area (Å²) in [6, 6.07) is 13.2. The summed E-state index contributed by atoms with van der Waals surface area (Å²) in [4.78, 5) is 0.117. The summed E-state index contributed by atoms with van der Waals surface area (Å²) in [7, 11) is -3.71. The van der Waals surface area contributed by atoms with Crippen molar-refractivity contribution >= 4 is 22.6 Å². The van der Waals surface area contributed by atoms with Crippen molar-refractivity contribution in [3.05, 3.63) is 59.7 Å². The topological polar surface area (TPSA) is 77.8 Å². The van der Waals surface area contributed by atoms with E-state index in [1.54, 1.807) is 0 Å². The molecule has 0 amide bonds. The van der Waals surface area contributed by atoms with Crippen LogP contribution in [0.2, 0.25) is 0 Å². The van der Waals surface area contributed by atoms with E-state index in [1.807, 2.05) is 31.2 Å². The lowest BCUT2D eigenvalue weighted by atomic mass is 9.81. The maximum Gasteiger partial charge on any atom is 0.488 e. The third kappa shape index (κ3) is 3.75. The van der Waals surface area contributed by atoms with Crippen LogP contribution < -0.4 is 5.46 Å². The normalized spacial score (nSPS) is 11.7. The number of sulfonamides is 1. The molecule has 0 atom stereocenters. The number of rotatable bonds is 5. The quantitative estimate of drug-likeness (QED) is 0.787. The van der Waals surface area contributed by atoms with Crippen molar-refractivity contribution in [3.63, 3.8) is 0 Å². The van der Waals surface area contributed by atoms with Crippen LogP contribution in [-0.2, 0) is 16.6 Å². The molecule has 0 spiro atoms. The van der Waals surface area contributed by atoms with Crippen molar-refractivity contribution in [3.8, 4) is 0 Å². The van der Waals surface area contributed by atoms with Crippen molar-refractivity contribution in [1.29, 1.82) is 0 Å². The van der Waals surface area contributed by atoms with Gasteiger partial charge in [-0.3, -0.25) is 0 Å². The van der Waals surface area contributed by atoms with Gasteiger partial charge in [-0.2, -0.15) is 4.31 Å². The second-order valence-electron chi connectivity index (χ2n) is 5.19. The molecule has 5 nitrogen and oxygen atoms in total. The molecule has 22 heavy (non-hydrogen) atoms. The monoisotopic (exact) mass is 319 g/mol. The Kier molecular flexibility index (Phi) is 5.03. The van der Waals surface area contributed by atoms with Crippen molar-refractivity contribution in [2.24, 2.45) is 0 Å². The van der Waals surface area contributed by atoms with Gasteiger partial charge in [-0.15, -0.1) is 0 Å². The minimum atomic E-state index is -3.62. The zero-order chi connectivity index (χ0) is 16.3. The van der Waals surface area contributed by atoms with Crippen LogP contribution in [0.25, 0.3) is 0 Å². The summed E-state index contributed by atoms with van der Waals surface area (Å²) in [6.07, 6.45) is 0. The van der Waals surface area contributed by atoms with Crippen LogP contribution >= 0.6 is 0 Å². The van der Waals surface area contributed by atoms with Crippen LogP contribution in [0.4, 0.5) is 0 Å². The van der Waals surface area contributed by atoms with E-state index in [-0.39, 0.29) is 16.9 Å². The Bertz CT molecular complexity index is 727. The lowest BCUT2D eigenvalue weighted by molar-refractivity contribution is 0.425. The highest BCUT2D eigenvalue weighted by molar-refractivity contribution is 7.89. The Balaban J connectivity index is 2.19. The molecule has 0 fully saturated rings. The van der Waals surface area contributed by atoms with Gasteiger partial charge in [-0.05, 0) is 30.1 Å². The van der Waals surface area contributed by atoms with Gasteiger partial charge in [0, 0.05) is 13.6 Å². The highest BCUT2D eigenvalue weighted by Crippen LogP contribution is 2.16. The molecule has 2 N–H and O–H groups in total. The fraction of sp³-hybridized carbons (Fsp3) is 0.200. The van der Waals surface area contributed by atoms with E-state index >= 15 is 0 Å². The maximum atomic E-state index is 12.5. The minimum Gasteiger partial charge on any atom is -0.423 e. The van der Waals surface area contributed by atoms with Crippen LogP contribution in [0.15, 0.2) is 53.4 Å². The van der Waals surface area contributed by atoms with Crippen LogP contribution in [0.1, 0.15) is 11.1 Å². The molecule has 0 aliphatic carbocycles. The predicted octanol–water partition coefficient (Wildman–Crippen LogP) is 0.496. The molecular formula is C15H18BNO4S. The lowest BCUT2D eigenvalue weighted by Gasteiger charge is -2.17. The van der Waals surface area contributed by atoms with Gasteiger partial charge in [0.1, 0.15) is 0 Å². The maximum absolute atomic E-state index is 12.5. The van der Waals surface area contributed by atoms with E-state index in [0.717, 1.165) is 11.1 Å². The fourth-order valence-electron chi connectivity index (χ4n) is 2.03. The van der Waals surface area contributed by atoms with Crippen molar-refractivity contribution < 1.29 is 18.5 Å². The zero-order valence-electron chi connectivity index (χ0n) is 12.5. The van der Waals surface area contributed by atoms with Gasteiger partial charge in [0.25, 0.3) is 0 Å². The largest absolute Gasteiger partial charge is 0.488 e. The lowest BCUT2D eigenvalue weighted by Crippen LogP contribution is -2.30. The third-order valence-electron chi connectivity index (χ3n) is 3.41. The zero-order valence-corrected chi connectivity index (χ0v) is 13.3. The molecule has 0 aromatic heterocycles. The van der Waals surface area contributed by atoms with E-state index in [4.69, 9.17) is 10.0 Å². The van der Waals surface area contributed by atoms with Gasteiger partial charge in [0.05, 0.1) is 4.90 Å². The molecule has 2 aromatic carbocycles. The van der Waals surface area contributed by atoms with Crippen LogP contribution in [0.3, 0.4) is 0 Å². The minimum absolute atomic E-state index is 0.117. The molecule has 2 aromatic rings. The Hall–Kier alpha value is -1.67. The van der Waals surface area contributed by atoms with E-state index in [0.29, 0.717) is 0 Å². The number of hydrogen-bond acceptors (Lipinski definition) is 4. The first kappa shape index (κ1) is 16.7. The Morgan fingerprint density at radius 3 is 2.05 bits per heavy atom. The van der Waals surface area contributed by atoms with E-state index < -0.39 is 17.1 Å². The summed E-state index contributed by atoms with van der Waals surface area (Å²) in [6.45, 7) is 2.24. The standard InChI is InChI=1S/C15H18BNO4S/c1-12-3-5-13(6-4-12)11-17(2)22(20,21)15-9-7-14(8-10-15)16(18)19/h3-10,18-19H,11H2,1-2H3.